The van der Waals surface area contributed by atoms with Gasteiger partial charge in [-0.15, -0.1) is 0 Å². The van der Waals surface area contributed by atoms with Crippen molar-refractivity contribution in [3.05, 3.63) is 33.9 Å². The van der Waals surface area contributed by atoms with Crippen molar-refractivity contribution < 1.29 is 23.3 Å². The Bertz CT molecular complexity index is 1100. The van der Waals surface area contributed by atoms with Gasteiger partial charge in [0.25, 0.3) is 0 Å². The lowest BCUT2D eigenvalue weighted by Gasteiger charge is -2.35. The van der Waals surface area contributed by atoms with Crippen molar-refractivity contribution in [2.24, 2.45) is 0 Å². The van der Waals surface area contributed by atoms with E-state index in [2.05, 4.69) is 0 Å². The number of nitrogens with zero attached hydrogens (tertiary/aromatic N) is 3. The first-order chi connectivity index (χ1) is 12.8. The van der Waals surface area contributed by atoms with E-state index in [1.165, 1.54) is 20.6 Å². The van der Waals surface area contributed by atoms with E-state index in [4.69, 9.17) is 0 Å². The molecule has 2 aliphatic heterocycles. The van der Waals surface area contributed by atoms with Gasteiger partial charge in [0.1, 0.15) is 11.4 Å². The molecule has 3 heterocycles. The largest absolute Gasteiger partial charge is 0.477 e. The average Bonchev–Trinajstić information content (AvgIpc) is 2.62. The number of anilines is 1. The van der Waals surface area contributed by atoms with Crippen LogP contribution in [0, 0.1) is 5.82 Å². The van der Waals surface area contributed by atoms with E-state index in [1.807, 2.05) is 0 Å². The quantitative estimate of drug-likeness (QED) is 0.785. The number of rotatable bonds is 2. The molecule has 1 atom stereocenters. The molecule has 2 aromatic rings. The molecule has 2 aliphatic rings. The number of likely N-dealkylation sites (N-methyl/N-ethyl adjacent to an activating group) is 1. The lowest BCUT2D eigenvalue weighted by molar-refractivity contribution is -0.129. The van der Waals surface area contributed by atoms with Gasteiger partial charge < -0.3 is 19.5 Å². The maximum atomic E-state index is 15.0. The highest BCUT2D eigenvalue weighted by atomic mass is 32.2. The van der Waals surface area contributed by atoms with Crippen LogP contribution < -0.4 is 10.3 Å². The van der Waals surface area contributed by atoms with Gasteiger partial charge in [0.15, 0.2) is 0 Å². The Morgan fingerprint density at radius 1 is 1.26 bits per heavy atom. The van der Waals surface area contributed by atoms with Gasteiger partial charge in [-0.2, -0.15) is 0 Å². The van der Waals surface area contributed by atoms with Crippen LogP contribution in [0.3, 0.4) is 0 Å². The Hall–Kier alpha value is -2.75. The number of hydrogen-bond acceptors (Lipinski definition) is 5. The number of pyridine rings is 1. The van der Waals surface area contributed by atoms with Gasteiger partial charge in [0.2, 0.25) is 11.3 Å². The summed E-state index contributed by atoms with van der Waals surface area (Å²) in [7, 11) is 0.0851. The maximum Gasteiger partial charge on any atom is 0.341 e. The topological polar surface area (TPSA) is 99.9 Å². The first kappa shape index (κ1) is 17.7. The molecule has 1 aromatic heterocycles. The molecule has 1 amide bonds. The number of aromatic nitrogens is 1. The third-order valence-corrected chi connectivity index (χ3v) is 6.39. The fourth-order valence-corrected chi connectivity index (χ4v) is 5.01. The summed E-state index contributed by atoms with van der Waals surface area (Å²) in [5.74, 6) is -2.19. The van der Waals surface area contributed by atoms with Crippen LogP contribution >= 0.6 is 0 Å². The minimum absolute atomic E-state index is 0.0539. The van der Waals surface area contributed by atoms with Crippen molar-refractivity contribution in [3.63, 3.8) is 0 Å². The molecule has 0 aliphatic carbocycles. The zero-order valence-corrected chi connectivity index (χ0v) is 15.2. The van der Waals surface area contributed by atoms with Gasteiger partial charge in [-0.05, 0) is 6.07 Å². The summed E-state index contributed by atoms with van der Waals surface area (Å²) >= 11 is 0. The molecule has 4 rings (SSSR count). The third kappa shape index (κ3) is 2.62. The fourth-order valence-electron chi connectivity index (χ4n) is 3.56. The summed E-state index contributed by atoms with van der Waals surface area (Å²) in [4.78, 5) is 39.2. The molecule has 0 spiro atoms. The van der Waals surface area contributed by atoms with Crippen molar-refractivity contribution in [3.8, 4) is 0 Å². The first-order valence-electron chi connectivity index (χ1n) is 8.30. The first-order valence-corrected chi connectivity index (χ1v) is 9.61. The van der Waals surface area contributed by atoms with E-state index in [0.717, 1.165) is 6.07 Å². The second-order valence-corrected chi connectivity index (χ2v) is 8.10. The number of amides is 1. The maximum absolute atomic E-state index is 15.0. The van der Waals surface area contributed by atoms with Gasteiger partial charge in [-0.3, -0.25) is 13.8 Å². The van der Waals surface area contributed by atoms with Crippen LogP contribution in [0.25, 0.3) is 10.9 Å². The number of carbonyl (C=O) groups excluding carboxylic acids is 1. The van der Waals surface area contributed by atoms with Crippen LogP contribution in [0.15, 0.2) is 22.0 Å². The Morgan fingerprint density at radius 3 is 2.67 bits per heavy atom. The van der Waals surface area contributed by atoms with Crippen molar-refractivity contribution in [1.82, 2.24) is 9.47 Å². The molecule has 1 unspecified atom stereocenters. The van der Waals surface area contributed by atoms with E-state index in [9.17, 15) is 23.7 Å². The second-order valence-electron chi connectivity index (χ2n) is 6.59. The highest BCUT2D eigenvalue weighted by molar-refractivity contribution is 7.85. The average molecular weight is 393 g/mol. The van der Waals surface area contributed by atoms with Crippen LogP contribution in [0.5, 0.6) is 0 Å². The Balaban J connectivity index is 2.03. The van der Waals surface area contributed by atoms with E-state index in [1.54, 1.807) is 7.05 Å². The normalized spacial score (nSPS) is 19.6. The molecule has 1 saturated heterocycles. The molecule has 142 valence electrons. The van der Waals surface area contributed by atoms with Crippen molar-refractivity contribution in [2.45, 2.75) is 11.4 Å². The van der Waals surface area contributed by atoms with Crippen LogP contribution in [0.2, 0.25) is 0 Å². The Kier molecular flexibility index (Phi) is 4.02. The SMILES string of the molecule is CN1CCN(c2c(F)cc3c(=O)c(C(=O)O)cn4c3c2S(=O)CC4)CC1=O. The zero-order valence-electron chi connectivity index (χ0n) is 14.4. The summed E-state index contributed by atoms with van der Waals surface area (Å²) in [6.45, 7) is 0.962. The van der Waals surface area contributed by atoms with Crippen molar-refractivity contribution in [2.75, 3.05) is 37.3 Å². The predicted octanol–water partition coefficient (Wildman–Crippen LogP) is 0.238. The Morgan fingerprint density at radius 2 is 2.00 bits per heavy atom. The number of aromatic carboxylic acids is 1. The van der Waals surface area contributed by atoms with E-state index in [0.29, 0.717) is 13.1 Å². The van der Waals surface area contributed by atoms with Gasteiger partial charge >= 0.3 is 5.97 Å². The monoisotopic (exact) mass is 393 g/mol. The molecule has 0 radical (unpaired) electrons. The number of halogens is 1. The summed E-state index contributed by atoms with van der Waals surface area (Å²) in [5.41, 5.74) is -0.938. The van der Waals surface area contributed by atoms with Gasteiger partial charge in [-0.25, -0.2) is 9.18 Å². The Labute approximate surface area is 155 Å². The van der Waals surface area contributed by atoms with E-state index >= 15 is 4.39 Å². The molecule has 1 fully saturated rings. The molecular weight excluding hydrogens is 377 g/mol. The standard InChI is InChI=1S/C17H16FN3O5S/c1-19-2-3-20(8-12(19)22)14-11(18)6-9-13-16(14)27(26)5-4-21(13)7-10(15(9)23)17(24)25/h6-7H,2-5,8H2,1H3,(H,24,25). The number of aryl methyl sites for hydroxylation is 1. The highest BCUT2D eigenvalue weighted by Gasteiger charge is 2.32. The van der Waals surface area contributed by atoms with Gasteiger partial charge in [0, 0.05) is 38.6 Å². The molecule has 1 aromatic carbocycles. The summed E-state index contributed by atoms with van der Waals surface area (Å²) in [5, 5.41) is 9.14. The highest BCUT2D eigenvalue weighted by Crippen LogP contribution is 2.36. The molecular formula is C17H16FN3O5S. The smallest absolute Gasteiger partial charge is 0.341 e. The minimum Gasteiger partial charge on any atom is -0.477 e. The van der Waals surface area contributed by atoms with Crippen molar-refractivity contribution in [1.29, 1.82) is 0 Å². The fraction of sp³-hybridized carbons (Fsp3) is 0.353. The van der Waals surface area contributed by atoms with Gasteiger partial charge in [-0.1, -0.05) is 0 Å². The van der Waals surface area contributed by atoms with E-state index in [-0.39, 0.29) is 46.2 Å². The van der Waals surface area contributed by atoms with Crippen LogP contribution in [-0.2, 0) is 22.1 Å². The lowest BCUT2D eigenvalue weighted by atomic mass is 10.1. The number of carboxylic acid groups (broad SMARTS) is 1. The van der Waals surface area contributed by atoms with E-state index < -0.39 is 33.6 Å². The van der Waals surface area contributed by atoms with Crippen LogP contribution in [0.4, 0.5) is 10.1 Å². The van der Waals surface area contributed by atoms with Crippen molar-refractivity contribution >= 4 is 39.3 Å². The summed E-state index contributed by atoms with van der Waals surface area (Å²) in [6, 6.07) is 0.991. The number of carboxylic acids is 1. The number of hydrogen-bond donors (Lipinski definition) is 1. The molecule has 0 bridgehead atoms. The van der Waals surface area contributed by atoms with Gasteiger partial charge in [0.05, 0.1) is 38.8 Å². The lowest BCUT2D eigenvalue weighted by Crippen LogP contribution is -2.49. The zero-order chi connectivity index (χ0) is 19.5. The summed E-state index contributed by atoms with van der Waals surface area (Å²) < 4.78 is 29.3. The van der Waals surface area contributed by atoms with Crippen LogP contribution in [0.1, 0.15) is 10.4 Å². The minimum atomic E-state index is -1.57. The molecule has 1 N–H and O–H groups in total. The predicted molar refractivity (Wildman–Crippen MR) is 96.3 cm³/mol. The number of piperazine rings is 1. The van der Waals surface area contributed by atoms with Crippen LogP contribution in [-0.4, -0.2) is 63.1 Å². The molecule has 27 heavy (non-hydrogen) atoms. The summed E-state index contributed by atoms with van der Waals surface area (Å²) in [6.07, 6.45) is 1.21. The number of benzene rings is 1. The molecule has 0 saturated carbocycles. The molecule has 8 nitrogen and oxygen atoms in total. The second kappa shape index (κ2) is 6.15. The number of carbonyl (C=O) groups is 2. The third-order valence-electron chi connectivity index (χ3n) is 4.99. The molecule has 10 heteroatoms.